The molecule has 0 spiro atoms. The molecule has 3 rings (SSSR count). The molecule has 0 saturated heterocycles. The van der Waals surface area contributed by atoms with E-state index in [1.54, 1.807) is 56.8 Å². The number of hydrogen-bond acceptors (Lipinski definition) is 6. The van der Waals surface area contributed by atoms with E-state index in [9.17, 15) is 0 Å². The lowest BCUT2D eigenvalue weighted by Crippen LogP contribution is -2.02. The molecule has 0 saturated carbocycles. The van der Waals surface area contributed by atoms with Gasteiger partial charge >= 0.3 is 0 Å². The van der Waals surface area contributed by atoms with Crippen molar-refractivity contribution in [3.8, 4) is 23.3 Å². The van der Waals surface area contributed by atoms with Gasteiger partial charge in [0.25, 0.3) is 0 Å². The van der Waals surface area contributed by atoms with Crippen molar-refractivity contribution >= 4 is 10.9 Å². The van der Waals surface area contributed by atoms with Gasteiger partial charge in [0.15, 0.2) is 11.5 Å². The van der Waals surface area contributed by atoms with Crippen molar-refractivity contribution in [1.82, 2.24) is 19.5 Å². The summed E-state index contributed by atoms with van der Waals surface area (Å²) in [6.45, 7) is 0. The van der Waals surface area contributed by atoms with Crippen LogP contribution in [0.3, 0.4) is 0 Å². The van der Waals surface area contributed by atoms with Gasteiger partial charge in [-0.15, -0.1) is 0 Å². The summed E-state index contributed by atoms with van der Waals surface area (Å²) in [7, 11) is 4.73. The molecule has 0 aliphatic carbocycles. The smallest absolute Gasteiger partial charge is 0.238 e. The molecule has 1 aromatic carbocycles. The maximum atomic E-state index is 5.36. The number of aromatic nitrogens is 4. The zero-order valence-corrected chi connectivity index (χ0v) is 11.9. The van der Waals surface area contributed by atoms with Gasteiger partial charge in [0, 0.05) is 18.5 Å². The fourth-order valence-electron chi connectivity index (χ4n) is 2.06. The number of nitrogens with zero attached hydrogens (tertiary/aromatic N) is 4. The van der Waals surface area contributed by atoms with E-state index in [1.165, 1.54) is 0 Å². The molecule has 7 nitrogen and oxygen atoms in total. The third-order valence-electron chi connectivity index (χ3n) is 3.08. The quantitative estimate of drug-likeness (QED) is 0.728. The molecule has 0 unspecified atom stereocenters. The Bertz CT molecular complexity index is 771. The molecule has 2 heterocycles. The van der Waals surface area contributed by atoms with Crippen molar-refractivity contribution < 1.29 is 14.2 Å². The van der Waals surface area contributed by atoms with Crippen LogP contribution in [0, 0.1) is 0 Å². The summed E-state index contributed by atoms with van der Waals surface area (Å²) in [6, 6.07) is 3.59. The first kappa shape index (κ1) is 13.2. The second kappa shape index (κ2) is 5.28. The molecule has 2 aromatic heterocycles. The van der Waals surface area contributed by atoms with Crippen LogP contribution in [-0.4, -0.2) is 40.8 Å². The van der Waals surface area contributed by atoms with Crippen molar-refractivity contribution in [3.63, 3.8) is 0 Å². The Morgan fingerprint density at radius 2 is 1.71 bits per heavy atom. The summed E-state index contributed by atoms with van der Waals surface area (Å²) in [4.78, 5) is 12.9. The van der Waals surface area contributed by atoms with Gasteiger partial charge in [-0.05, 0) is 6.07 Å². The van der Waals surface area contributed by atoms with Gasteiger partial charge in [-0.1, -0.05) is 0 Å². The highest BCUT2D eigenvalue weighted by atomic mass is 16.5. The van der Waals surface area contributed by atoms with E-state index < -0.39 is 0 Å². The van der Waals surface area contributed by atoms with Crippen LogP contribution in [0.5, 0.6) is 17.4 Å². The minimum Gasteiger partial charge on any atom is -0.493 e. The molecule has 108 valence electrons. The lowest BCUT2D eigenvalue weighted by Gasteiger charge is -2.11. The van der Waals surface area contributed by atoms with Gasteiger partial charge in [0.1, 0.15) is 6.33 Å². The Morgan fingerprint density at radius 1 is 0.952 bits per heavy atom. The van der Waals surface area contributed by atoms with Crippen LogP contribution < -0.4 is 14.2 Å². The summed E-state index contributed by atoms with van der Waals surface area (Å²) in [5.74, 6) is 2.14. The Kier molecular flexibility index (Phi) is 3.31. The first-order valence-corrected chi connectivity index (χ1v) is 6.23. The van der Waals surface area contributed by atoms with E-state index >= 15 is 0 Å². The zero-order valence-electron chi connectivity index (χ0n) is 11.9. The third-order valence-corrected chi connectivity index (χ3v) is 3.08. The molecule has 0 fully saturated rings. The van der Waals surface area contributed by atoms with E-state index in [2.05, 4.69) is 15.0 Å². The topological polar surface area (TPSA) is 71.3 Å². The van der Waals surface area contributed by atoms with Gasteiger partial charge in [0.05, 0.1) is 32.2 Å². The molecule has 0 amide bonds. The van der Waals surface area contributed by atoms with Crippen LogP contribution in [0.2, 0.25) is 0 Å². The van der Waals surface area contributed by atoms with E-state index in [4.69, 9.17) is 14.2 Å². The fourth-order valence-corrected chi connectivity index (χ4v) is 2.06. The Hall–Kier alpha value is -2.83. The first-order chi connectivity index (χ1) is 10.3. The highest BCUT2D eigenvalue weighted by Gasteiger charge is 2.14. The number of imidazole rings is 1. The van der Waals surface area contributed by atoms with E-state index in [1.807, 2.05) is 0 Å². The van der Waals surface area contributed by atoms with Crippen LogP contribution >= 0.6 is 0 Å². The van der Waals surface area contributed by atoms with E-state index in [-0.39, 0.29) is 0 Å². The second-order valence-corrected chi connectivity index (χ2v) is 4.23. The molecule has 0 radical (unpaired) electrons. The molecule has 3 aromatic rings. The maximum absolute atomic E-state index is 5.36. The average Bonchev–Trinajstić information content (AvgIpc) is 3.06. The van der Waals surface area contributed by atoms with Crippen molar-refractivity contribution in [2.24, 2.45) is 0 Å². The minimum atomic E-state index is 0.463. The molecule has 0 bridgehead atoms. The normalized spacial score (nSPS) is 10.6. The molecule has 21 heavy (non-hydrogen) atoms. The highest BCUT2D eigenvalue weighted by Crippen LogP contribution is 2.34. The molecular weight excluding hydrogens is 272 g/mol. The van der Waals surface area contributed by atoms with Gasteiger partial charge in [-0.25, -0.2) is 9.97 Å². The van der Waals surface area contributed by atoms with Crippen LogP contribution in [0.4, 0.5) is 0 Å². The SMILES string of the molecule is COc1cc2nc(-n3ccnc3)nc(OC)c2cc1OC. The molecule has 0 aliphatic rings. The summed E-state index contributed by atoms with van der Waals surface area (Å²) in [5, 5.41) is 0.749. The number of rotatable bonds is 4. The number of benzene rings is 1. The van der Waals surface area contributed by atoms with Gasteiger partial charge in [-0.2, -0.15) is 4.98 Å². The highest BCUT2D eigenvalue weighted by molar-refractivity contribution is 5.87. The van der Waals surface area contributed by atoms with Gasteiger partial charge in [-0.3, -0.25) is 4.57 Å². The monoisotopic (exact) mass is 286 g/mol. The van der Waals surface area contributed by atoms with Crippen LogP contribution in [-0.2, 0) is 0 Å². The second-order valence-electron chi connectivity index (χ2n) is 4.23. The molecule has 7 heteroatoms. The van der Waals surface area contributed by atoms with Crippen molar-refractivity contribution in [2.45, 2.75) is 0 Å². The summed E-state index contributed by atoms with van der Waals surface area (Å²) >= 11 is 0. The average molecular weight is 286 g/mol. The summed E-state index contributed by atoms with van der Waals surface area (Å²) < 4.78 is 17.7. The third kappa shape index (κ3) is 2.22. The van der Waals surface area contributed by atoms with Crippen molar-refractivity contribution in [3.05, 3.63) is 30.9 Å². The Morgan fingerprint density at radius 3 is 2.33 bits per heavy atom. The van der Waals surface area contributed by atoms with E-state index in [0.29, 0.717) is 28.8 Å². The largest absolute Gasteiger partial charge is 0.493 e. The maximum Gasteiger partial charge on any atom is 0.238 e. The summed E-state index contributed by atoms with van der Waals surface area (Å²) in [5.41, 5.74) is 0.697. The number of ether oxygens (including phenoxy) is 3. The van der Waals surface area contributed by atoms with Crippen LogP contribution in [0.1, 0.15) is 0 Å². The lowest BCUT2D eigenvalue weighted by atomic mass is 10.2. The number of methoxy groups -OCH3 is 3. The number of hydrogen-bond donors (Lipinski definition) is 0. The minimum absolute atomic E-state index is 0.463. The van der Waals surface area contributed by atoms with Gasteiger partial charge in [0.2, 0.25) is 11.8 Å². The molecule has 0 N–H and O–H groups in total. The van der Waals surface area contributed by atoms with E-state index in [0.717, 1.165) is 5.39 Å². The van der Waals surface area contributed by atoms with Crippen LogP contribution in [0.15, 0.2) is 30.9 Å². The molecular formula is C14H14N4O3. The zero-order chi connectivity index (χ0) is 14.8. The van der Waals surface area contributed by atoms with Crippen molar-refractivity contribution in [1.29, 1.82) is 0 Å². The Labute approximate surface area is 121 Å². The summed E-state index contributed by atoms with van der Waals surface area (Å²) in [6.07, 6.45) is 5.05. The van der Waals surface area contributed by atoms with Gasteiger partial charge < -0.3 is 14.2 Å². The van der Waals surface area contributed by atoms with Crippen LogP contribution in [0.25, 0.3) is 16.9 Å². The molecule has 0 aliphatic heterocycles. The standard InChI is InChI=1S/C14H14N4O3/c1-19-11-6-9-10(7-12(11)20-2)16-14(17-13(9)21-3)18-5-4-15-8-18/h4-8H,1-3H3. The fraction of sp³-hybridized carbons (Fsp3) is 0.214. The van der Waals surface area contributed by atoms with Crippen molar-refractivity contribution in [2.75, 3.05) is 21.3 Å². The number of fused-ring (bicyclic) bond motifs is 1. The predicted molar refractivity (Wildman–Crippen MR) is 76.3 cm³/mol. The Balaban J connectivity index is 2.28. The first-order valence-electron chi connectivity index (χ1n) is 6.23. The molecule has 0 atom stereocenters. The predicted octanol–water partition coefficient (Wildman–Crippen LogP) is 1.84. The lowest BCUT2D eigenvalue weighted by molar-refractivity contribution is 0.355.